The lowest BCUT2D eigenvalue weighted by molar-refractivity contribution is -0.184. The summed E-state index contributed by atoms with van der Waals surface area (Å²) in [6, 6.07) is 0. The molecule has 0 bridgehead atoms. The monoisotopic (exact) mass is 430 g/mol. The zero-order valence-corrected chi connectivity index (χ0v) is 21.6. The van der Waals surface area contributed by atoms with E-state index < -0.39 is 0 Å². The Morgan fingerprint density at radius 2 is 1.71 bits per heavy atom. The molecule has 178 valence electrons. The Kier molecular flexibility index (Phi) is 6.48. The summed E-state index contributed by atoms with van der Waals surface area (Å²) in [5, 5.41) is 0. The number of Topliss-reactive ketones (excluding diaryl/α,β-unsaturated/α-hetero) is 1. The maximum Gasteiger partial charge on any atom is 0.139 e. The van der Waals surface area contributed by atoms with Gasteiger partial charge in [-0.05, 0) is 91.3 Å². The van der Waals surface area contributed by atoms with Crippen molar-refractivity contribution in [2.24, 2.45) is 51.8 Å². The molecular formula is C29H50O2. The van der Waals surface area contributed by atoms with Gasteiger partial charge in [0.2, 0.25) is 0 Å². The van der Waals surface area contributed by atoms with Gasteiger partial charge in [-0.25, -0.2) is 0 Å². The van der Waals surface area contributed by atoms with Crippen LogP contribution in [0.2, 0.25) is 0 Å². The summed E-state index contributed by atoms with van der Waals surface area (Å²) in [7, 11) is 1.83. The first kappa shape index (κ1) is 23.8. The second-order valence-electron chi connectivity index (χ2n) is 13.4. The normalized spacial score (nSPS) is 48.3. The summed E-state index contributed by atoms with van der Waals surface area (Å²) in [5.41, 5.74) is 0.458. The summed E-state index contributed by atoms with van der Waals surface area (Å²) in [4.78, 5) is 13.7. The van der Waals surface area contributed by atoms with Crippen LogP contribution >= 0.6 is 0 Å². The van der Waals surface area contributed by atoms with E-state index in [4.69, 9.17) is 4.74 Å². The SMILES string of the molecule is CO[C@H]1CC[C@]2(C)[C@H]3CC[C@]4(C)[C@@H]([C@H](C)CCCC(C)C)CC[C@H]4[C@@H]3CC(=O)[C@@]2(C)C1. The van der Waals surface area contributed by atoms with Crippen LogP contribution in [0.4, 0.5) is 0 Å². The van der Waals surface area contributed by atoms with E-state index in [1.54, 1.807) is 0 Å². The van der Waals surface area contributed by atoms with Crippen molar-refractivity contribution >= 4 is 5.78 Å². The van der Waals surface area contributed by atoms with Gasteiger partial charge < -0.3 is 4.74 Å². The molecule has 4 saturated carbocycles. The van der Waals surface area contributed by atoms with Gasteiger partial charge in [-0.2, -0.15) is 0 Å². The van der Waals surface area contributed by atoms with Crippen LogP contribution in [0.15, 0.2) is 0 Å². The van der Waals surface area contributed by atoms with Gasteiger partial charge in [-0.3, -0.25) is 4.79 Å². The number of ketones is 1. The van der Waals surface area contributed by atoms with E-state index in [-0.39, 0.29) is 16.9 Å². The third-order valence-electron chi connectivity index (χ3n) is 11.7. The number of fused-ring (bicyclic) bond motifs is 5. The van der Waals surface area contributed by atoms with Gasteiger partial charge in [-0.15, -0.1) is 0 Å². The Hall–Kier alpha value is -0.370. The Morgan fingerprint density at radius 1 is 0.968 bits per heavy atom. The molecule has 0 N–H and O–H groups in total. The van der Waals surface area contributed by atoms with Gasteiger partial charge in [0.15, 0.2) is 0 Å². The molecule has 0 aromatic rings. The number of ether oxygens (including phenoxy) is 1. The molecule has 0 unspecified atom stereocenters. The maximum atomic E-state index is 13.7. The number of carbonyl (C=O) groups is 1. The molecule has 0 aliphatic heterocycles. The topological polar surface area (TPSA) is 26.3 Å². The van der Waals surface area contributed by atoms with Crippen molar-refractivity contribution in [3.05, 3.63) is 0 Å². The van der Waals surface area contributed by atoms with Gasteiger partial charge in [0, 0.05) is 18.9 Å². The lowest BCUT2D eigenvalue weighted by Gasteiger charge is -2.64. The van der Waals surface area contributed by atoms with Crippen molar-refractivity contribution in [2.45, 2.75) is 118 Å². The number of hydrogen-bond donors (Lipinski definition) is 0. The quantitative estimate of drug-likeness (QED) is 0.431. The van der Waals surface area contributed by atoms with Crippen molar-refractivity contribution in [1.82, 2.24) is 0 Å². The standard InChI is InChI=1S/C29H50O2/c1-19(2)9-8-10-20(3)23-11-12-24-22-17-26(30)29(6)18-21(31-7)13-16-28(29,5)25(22)14-15-27(23,24)4/h19-25H,8-18H2,1-7H3/t20-,21+,22+,23-,24+,25+,27-,28-,29-/m1/s1. The average molecular weight is 431 g/mol. The van der Waals surface area contributed by atoms with Crippen molar-refractivity contribution in [3.63, 3.8) is 0 Å². The minimum absolute atomic E-state index is 0.171. The van der Waals surface area contributed by atoms with E-state index in [1.807, 2.05) is 7.11 Å². The summed E-state index contributed by atoms with van der Waals surface area (Å²) >= 11 is 0. The minimum atomic E-state index is -0.178. The predicted octanol–water partition coefficient (Wildman–Crippen LogP) is 7.69. The zero-order valence-electron chi connectivity index (χ0n) is 21.6. The number of hydrogen-bond acceptors (Lipinski definition) is 2. The van der Waals surface area contributed by atoms with Crippen LogP contribution in [-0.2, 0) is 9.53 Å². The summed E-state index contributed by atoms with van der Waals surface area (Å²) in [6.07, 6.45) is 14.1. The molecule has 31 heavy (non-hydrogen) atoms. The fourth-order valence-electron chi connectivity index (χ4n) is 9.58. The first-order chi connectivity index (χ1) is 14.6. The molecule has 4 fully saturated rings. The van der Waals surface area contributed by atoms with Crippen LogP contribution in [0.5, 0.6) is 0 Å². The lowest BCUT2D eigenvalue weighted by atomic mass is 9.40. The van der Waals surface area contributed by atoms with Gasteiger partial charge in [0.25, 0.3) is 0 Å². The highest BCUT2D eigenvalue weighted by Gasteiger charge is 2.66. The Bertz CT molecular complexity index is 670. The van der Waals surface area contributed by atoms with Gasteiger partial charge in [0.05, 0.1) is 6.10 Å². The van der Waals surface area contributed by atoms with E-state index in [9.17, 15) is 4.79 Å². The fraction of sp³-hybridized carbons (Fsp3) is 0.966. The highest BCUT2D eigenvalue weighted by molar-refractivity contribution is 5.87. The second kappa shape index (κ2) is 8.44. The maximum absolute atomic E-state index is 13.7. The van der Waals surface area contributed by atoms with E-state index >= 15 is 0 Å². The molecule has 0 aromatic carbocycles. The van der Waals surface area contributed by atoms with Crippen LogP contribution in [-0.4, -0.2) is 19.0 Å². The molecule has 2 heteroatoms. The smallest absolute Gasteiger partial charge is 0.139 e. The van der Waals surface area contributed by atoms with E-state index in [0.29, 0.717) is 17.1 Å². The summed E-state index contributed by atoms with van der Waals surface area (Å²) < 4.78 is 5.76. The van der Waals surface area contributed by atoms with Crippen LogP contribution in [0.25, 0.3) is 0 Å². The molecule has 0 aromatic heterocycles. The Labute approximate surface area is 192 Å². The molecule has 4 aliphatic rings. The molecule has 0 radical (unpaired) electrons. The number of carbonyl (C=O) groups excluding carboxylic acids is 1. The molecular weight excluding hydrogens is 380 g/mol. The summed E-state index contributed by atoms with van der Waals surface area (Å²) in [5.74, 6) is 5.24. The third kappa shape index (κ3) is 3.66. The van der Waals surface area contributed by atoms with Gasteiger partial charge in [0.1, 0.15) is 5.78 Å². The van der Waals surface area contributed by atoms with E-state index in [2.05, 4.69) is 41.5 Å². The first-order valence-electron chi connectivity index (χ1n) is 13.6. The highest BCUT2D eigenvalue weighted by Crippen LogP contribution is 2.70. The van der Waals surface area contributed by atoms with Crippen LogP contribution < -0.4 is 0 Å². The molecule has 0 spiro atoms. The Balaban J connectivity index is 1.53. The van der Waals surface area contributed by atoms with Gasteiger partial charge >= 0.3 is 0 Å². The first-order valence-corrected chi connectivity index (χ1v) is 13.6. The zero-order chi connectivity index (χ0) is 22.6. The van der Waals surface area contributed by atoms with E-state index in [1.165, 1.54) is 51.4 Å². The largest absolute Gasteiger partial charge is 0.381 e. The highest BCUT2D eigenvalue weighted by atomic mass is 16.5. The lowest BCUT2D eigenvalue weighted by Crippen LogP contribution is -2.62. The van der Waals surface area contributed by atoms with Crippen molar-refractivity contribution in [2.75, 3.05) is 7.11 Å². The molecule has 0 saturated heterocycles. The van der Waals surface area contributed by atoms with Crippen molar-refractivity contribution in [3.8, 4) is 0 Å². The Morgan fingerprint density at radius 3 is 2.39 bits per heavy atom. The van der Waals surface area contributed by atoms with Crippen molar-refractivity contribution < 1.29 is 9.53 Å². The van der Waals surface area contributed by atoms with Crippen molar-refractivity contribution in [1.29, 1.82) is 0 Å². The predicted molar refractivity (Wildman–Crippen MR) is 129 cm³/mol. The van der Waals surface area contributed by atoms with Crippen LogP contribution in [0, 0.1) is 51.8 Å². The molecule has 0 amide bonds. The molecule has 4 rings (SSSR count). The molecule has 4 aliphatic carbocycles. The van der Waals surface area contributed by atoms with Crippen LogP contribution in [0.1, 0.15) is 112 Å². The van der Waals surface area contributed by atoms with E-state index in [0.717, 1.165) is 48.9 Å². The average Bonchev–Trinajstić information content (AvgIpc) is 3.06. The molecule has 9 atom stereocenters. The fourth-order valence-corrected chi connectivity index (χ4v) is 9.58. The van der Waals surface area contributed by atoms with Gasteiger partial charge in [-0.1, -0.05) is 60.8 Å². The minimum Gasteiger partial charge on any atom is -0.381 e. The second-order valence-corrected chi connectivity index (χ2v) is 13.4. The molecule has 2 nitrogen and oxygen atoms in total. The summed E-state index contributed by atoms with van der Waals surface area (Å²) in [6.45, 7) is 14.7. The number of methoxy groups -OCH3 is 1. The van der Waals surface area contributed by atoms with Crippen LogP contribution in [0.3, 0.4) is 0 Å². The molecule has 0 heterocycles. The number of rotatable bonds is 6. The third-order valence-corrected chi connectivity index (χ3v) is 11.7.